The van der Waals surface area contributed by atoms with Crippen LogP contribution >= 0.6 is 0 Å². The van der Waals surface area contributed by atoms with E-state index < -0.39 is 0 Å². The summed E-state index contributed by atoms with van der Waals surface area (Å²) in [6.07, 6.45) is 4.30. The fraction of sp³-hybridized carbons (Fsp3) is 1.00. The van der Waals surface area contributed by atoms with Gasteiger partial charge in [0.05, 0.1) is 0 Å². The van der Waals surface area contributed by atoms with E-state index in [-0.39, 0.29) is 0 Å². The highest BCUT2D eigenvalue weighted by atomic mass is 15.2. The Kier molecular flexibility index (Phi) is 7.25. The molecule has 18 heavy (non-hydrogen) atoms. The van der Waals surface area contributed by atoms with E-state index in [0.717, 1.165) is 17.8 Å². The summed E-state index contributed by atoms with van der Waals surface area (Å²) in [5, 5.41) is 0. The smallest absolute Gasteiger partial charge is 0.00245 e. The molecule has 0 bridgehead atoms. The standard InChI is InChI=1S/C14H28N2.C2H6/c1-12(2)14-10-16(11-14)9-6-13-4-7-15(3)8-5-13;1-2/h12-14H,4-11H2,1-3H3;1-2H3. The van der Waals surface area contributed by atoms with Crippen LogP contribution in [0.15, 0.2) is 0 Å². The highest BCUT2D eigenvalue weighted by Gasteiger charge is 2.29. The van der Waals surface area contributed by atoms with E-state index in [0.29, 0.717) is 0 Å². The minimum atomic E-state index is 0.889. The Hall–Kier alpha value is -0.0800. The molecule has 0 aliphatic carbocycles. The molecule has 0 amide bonds. The van der Waals surface area contributed by atoms with Crippen molar-refractivity contribution in [3.05, 3.63) is 0 Å². The summed E-state index contributed by atoms with van der Waals surface area (Å²) in [7, 11) is 2.25. The summed E-state index contributed by atoms with van der Waals surface area (Å²) in [5.74, 6) is 2.88. The highest BCUT2D eigenvalue weighted by Crippen LogP contribution is 2.26. The van der Waals surface area contributed by atoms with Crippen LogP contribution in [0.1, 0.15) is 47.0 Å². The van der Waals surface area contributed by atoms with Gasteiger partial charge < -0.3 is 9.80 Å². The minimum absolute atomic E-state index is 0.889. The van der Waals surface area contributed by atoms with Crippen molar-refractivity contribution >= 4 is 0 Å². The molecule has 0 aromatic heterocycles. The van der Waals surface area contributed by atoms with E-state index >= 15 is 0 Å². The van der Waals surface area contributed by atoms with Crippen LogP contribution in [-0.4, -0.2) is 49.6 Å². The molecule has 108 valence electrons. The van der Waals surface area contributed by atoms with Gasteiger partial charge in [-0.3, -0.25) is 0 Å². The lowest BCUT2D eigenvalue weighted by Gasteiger charge is -2.42. The first-order valence-corrected chi connectivity index (χ1v) is 8.06. The predicted octanol–water partition coefficient (Wildman–Crippen LogP) is 3.33. The zero-order valence-electron chi connectivity index (χ0n) is 13.3. The fourth-order valence-electron chi connectivity index (χ4n) is 2.93. The molecule has 0 radical (unpaired) electrons. The van der Waals surface area contributed by atoms with Gasteiger partial charge in [0.25, 0.3) is 0 Å². The molecule has 0 aromatic carbocycles. The van der Waals surface area contributed by atoms with Gasteiger partial charge in [-0.05, 0) is 63.7 Å². The Balaban J connectivity index is 0.000000771. The van der Waals surface area contributed by atoms with Crippen molar-refractivity contribution in [2.45, 2.75) is 47.0 Å². The van der Waals surface area contributed by atoms with E-state index in [2.05, 4.69) is 30.7 Å². The average molecular weight is 254 g/mol. The van der Waals surface area contributed by atoms with E-state index in [9.17, 15) is 0 Å². The zero-order valence-corrected chi connectivity index (χ0v) is 13.3. The van der Waals surface area contributed by atoms with E-state index in [1.54, 1.807) is 0 Å². The van der Waals surface area contributed by atoms with Crippen molar-refractivity contribution in [2.75, 3.05) is 39.8 Å². The SMILES string of the molecule is CC.CC(C)C1CN(CCC2CCN(C)CC2)C1. The predicted molar refractivity (Wildman–Crippen MR) is 81.0 cm³/mol. The topological polar surface area (TPSA) is 6.48 Å². The molecule has 2 nitrogen and oxygen atoms in total. The summed E-state index contributed by atoms with van der Waals surface area (Å²) >= 11 is 0. The molecule has 0 atom stereocenters. The van der Waals surface area contributed by atoms with Crippen LogP contribution in [0.5, 0.6) is 0 Å². The van der Waals surface area contributed by atoms with Gasteiger partial charge in [0.2, 0.25) is 0 Å². The van der Waals surface area contributed by atoms with Crippen molar-refractivity contribution in [1.82, 2.24) is 9.80 Å². The molecule has 2 heteroatoms. The third-order valence-electron chi connectivity index (χ3n) is 4.62. The number of rotatable bonds is 4. The summed E-state index contributed by atoms with van der Waals surface area (Å²) in [5.41, 5.74) is 0. The molecular weight excluding hydrogens is 220 g/mol. The Bertz CT molecular complexity index is 201. The third kappa shape index (κ3) is 4.89. The fourth-order valence-corrected chi connectivity index (χ4v) is 2.93. The second-order valence-corrected chi connectivity index (χ2v) is 6.30. The number of piperidine rings is 1. The summed E-state index contributed by atoms with van der Waals surface area (Å²) in [6, 6.07) is 0. The molecule has 0 spiro atoms. The number of hydrogen-bond acceptors (Lipinski definition) is 2. The molecule has 0 unspecified atom stereocenters. The Morgan fingerprint density at radius 3 is 2.11 bits per heavy atom. The molecule has 2 heterocycles. The first-order chi connectivity index (χ1) is 8.65. The molecule has 2 fully saturated rings. The highest BCUT2D eigenvalue weighted by molar-refractivity contribution is 4.82. The average Bonchev–Trinajstić information content (AvgIpc) is 2.31. The molecule has 0 aromatic rings. The van der Waals surface area contributed by atoms with Gasteiger partial charge >= 0.3 is 0 Å². The molecule has 2 aliphatic heterocycles. The number of likely N-dealkylation sites (tertiary alicyclic amines) is 2. The second kappa shape index (κ2) is 8.16. The van der Waals surface area contributed by atoms with Crippen LogP contribution in [0.4, 0.5) is 0 Å². The van der Waals surface area contributed by atoms with Crippen LogP contribution in [0.2, 0.25) is 0 Å². The summed E-state index contributed by atoms with van der Waals surface area (Å²) < 4.78 is 0. The van der Waals surface area contributed by atoms with Gasteiger partial charge in [0, 0.05) is 13.1 Å². The van der Waals surface area contributed by atoms with Crippen molar-refractivity contribution in [2.24, 2.45) is 17.8 Å². The molecule has 2 aliphatic rings. The molecule has 2 saturated heterocycles. The number of hydrogen-bond donors (Lipinski definition) is 0. The van der Waals surface area contributed by atoms with Crippen LogP contribution in [-0.2, 0) is 0 Å². The first kappa shape index (κ1) is 16.0. The van der Waals surface area contributed by atoms with E-state index in [1.807, 2.05) is 13.8 Å². The van der Waals surface area contributed by atoms with E-state index in [1.165, 1.54) is 52.0 Å². The van der Waals surface area contributed by atoms with Crippen LogP contribution < -0.4 is 0 Å². The van der Waals surface area contributed by atoms with Gasteiger partial charge in [-0.25, -0.2) is 0 Å². The Labute approximate surface area is 115 Å². The monoisotopic (exact) mass is 254 g/mol. The maximum absolute atomic E-state index is 2.66. The quantitative estimate of drug-likeness (QED) is 0.759. The zero-order chi connectivity index (χ0) is 13.5. The largest absolute Gasteiger partial charge is 0.306 e. The Morgan fingerprint density at radius 2 is 1.61 bits per heavy atom. The van der Waals surface area contributed by atoms with Crippen molar-refractivity contribution in [1.29, 1.82) is 0 Å². The maximum Gasteiger partial charge on any atom is 0.00245 e. The van der Waals surface area contributed by atoms with Gasteiger partial charge in [-0.15, -0.1) is 0 Å². The van der Waals surface area contributed by atoms with Crippen LogP contribution in [0.25, 0.3) is 0 Å². The number of nitrogens with zero attached hydrogens (tertiary/aromatic N) is 2. The lowest BCUT2D eigenvalue weighted by Crippen LogP contribution is -2.49. The van der Waals surface area contributed by atoms with E-state index in [4.69, 9.17) is 0 Å². The van der Waals surface area contributed by atoms with Gasteiger partial charge in [0.15, 0.2) is 0 Å². The van der Waals surface area contributed by atoms with Crippen LogP contribution in [0.3, 0.4) is 0 Å². The van der Waals surface area contributed by atoms with Crippen molar-refractivity contribution in [3.63, 3.8) is 0 Å². The van der Waals surface area contributed by atoms with Gasteiger partial charge in [0.1, 0.15) is 0 Å². The maximum atomic E-state index is 2.66. The van der Waals surface area contributed by atoms with Crippen LogP contribution in [0, 0.1) is 17.8 Å². The molecule has 2 rings (SSSR count). The summed E-state index contributed by atoms with van der Waals surface area (Å²) in [6.45, 7) is 15.4. The lowest BCUT2D eigenvalue weighted by molar-refractivity contribution is 0.0590. The Morgan fingerprint density at radius 1 is 1.06 bits per heavy atom. The van der Waals surface area contributed by atoms with Gasteiger partial charge in [-0.2, -0.15) is 0 Å². The first-order valence-electron chi connectivity index (χ1n) is 8.06. The molecule has 0 saturated carbocycles. The van der Waals surface area contributed by atoms with Crippen molar-refractivity contribution in [3.8, 4) is 0 Å². The summed E-state index contributed by atoms with van der Waals surface area (Å²) in [4.78, 5) is 5.12. The lowest BCUT2D eigenvalue weighted by atomic mass is 9.87. The molecular formula is C16H34N2. The normalized spacial score (nSPS) is 23.7. The second-order valence-electron chi connectivity index (χ2n) is 6.30. The van der Waals surface area contributed by atoms with Crippen molar-refractivity contribution < 1.29 is 0 Å². The van der Waals surface area contributed by atoms with Gasteiger partial charge in [-0.1, -0.05) is 27.7 Å². The molecule has 0 N–H and O–H groups in total. The third-order valence-corrected chi connectivity index (χ3v) is 4.62. The minimum Gasteiger partial charge on any atom is -0.306 e.